The van der Waals surface area contributed by atoms with Crippen molar-refractivity contribution < 1.29 is 4.79 Å². The average Bonchev–Trinajstić information content (AvgIpc) is 3.14. The van der Waals surface area contributed by atoms with Gasteiger partial charge in [0, 0.05) is 42.8 Å². The molecule has 2 aromatic carbocycles. The Bertz CT molecular complexity index is 987. The highest BCUT2D eigenvalue weighted by Gasteiger charge is 2.20. The molecule has 1 saturated heterocycles. The monoisotopic (exact) mass is 526 g/mol. The van der Waals surface area contributed by atoms with Crippen LogP contribution in [0, 0.1) is 3.57 Å². The number of anilines is 1. The Hall–Kier alpha value is -1.42. The van der Waals surface area contributed by atoms with E-state index in [0.29, 0.717) is 11.6 Å². The molecular formula is C20H20ClIN4OS. The number of hydrogen-bond donors (Lipinski definition) is 1. The number of aromatic nitrogens is 1. The maximum atomic E-state index is 12.3. The molecule has 5 nitrogen and oxygen atoms in total. The molecule has 0 spiro atoms. The van der Waals surface area contributed by atoms with Crippen molar-refractivity contribution in [3.05, 3.63) is 56.6 Å². The Balaban J connectivity index is 1.27. The highest BCUT2D eigenvalue weighted by Crippen LogP contribution is 2.33. The number of fused-ring (bicyclic) bond motifs is 1. The summed E-state index contributed by atoms with van der Waals surface area (Å²) in [6.07, 6.45) is 0. The first-order valence-electron chi connectivity index (χ1n) is 9.17. The molecule has 1 fully saturated rings. The smallest absolute Gasteiger partial charge is 0.252 e. The van der Waals surface area contributed by atoms with E-state index in [0.717, 1.165) is 57.2 Å². The number of nitrogens with one attached hydrogen (secondary N) is 1. The molecule has 2 heterocycles. The van der Waals surface area contributed by atoms with E-state index in [1.165, 1.54) is 0 Å². The normalized spacial score (nSPS) is 15.1. The Morgan fingerprint density at radius 3 is 2.68 bits per heavy atom. The standard InChI is InChI=1S/C20H20ClIN4OS/c21-15-5-3-7-17-18(15)24-20(28-17)26-12-10-25(11-13-26)9-8-23-19(27)14-4-1-2-6-16(14)22/h1-7H,8-13H2,(H,23,27). The fraction of sp³-hybridized carbons (Fsp3) is 0.300. The van der Waals surface area contributed by atoms with E-state index in [4.69, 9.17) is 16.6 Å². The number of carbonyl (C=O) groups excluding carboxylic acids is 1. The SMILES string of the molecule is O=C(NCCN1CCN(c2nc3c(Cl)cccc3s2)CC1)c1ccccc1I. The Kier molecular flexibility index (Phi) is 6.35. The summed E-state index contributed by atoms with van der Waals surface area (Å²) in [5.74, 6) is -0.00464. The highest BCUT2D eigenvalue weighted by atomic mass is 127. The Morgan fingerprint density at radius 1 is 1.14 bits per heavy atom. The topological polar surface area (TPSA) is 48.5 Å². The number of piperazine rings is 1. The van der Waals surface area contributed by atoms with Crippen LogP contribution in [-0.4, -0.2) is 55.1 Å². The van der Waals surface area contributed by atoms with Gasteiger partial charge in [0.15, 0.2) is 5.13 Å². The first kappa shape index (κ1) is 19.9. The lowest BCUT2D eigenvalue weighted by Crippen LogP contribution is -2.48. The van der Waals surface area contributed by atoms with Crippen molar-refractivity contribution in [3.8, 4) is 0 Å². The minimum Gasteiger partial charge on any atom is -0.351 e. The fourth-order valence-corrected chi connectivity index (χ4v) is 5.22. The summed E-state index contributed by atoms with van der Waals surface area (Å²) < 4.78 is 2.10. The van der Waals surface area contributed by atoms with Crippen LogP contribution in [-0.2, 0) is 0 Å². The molecule has 0 atom stereocenters. The van der Waals surface area contributed by atoms with Crippen molar-refractivity contribution in [2.24, 2.45) is 0 Å². The van der Waals surface area contributed by atoms with Gasteiger partial charge >= 0.3 is 0 Å². The van der Waals surface area contributed by atoms with Crippen LogP contribution in [0.5, 0.6) is 0 Å². The van der Waals surface area contributed by atoms with Gasteiger partial charge in [-0.05, 0) is 46.9 Å². The van der Waals surface area contributed by atoms with Crippen LogP contribution in [0.15, 0.2) is 42.5 Å². The van der Waals surface area contributed by atoms with Gasteiger partial charge in [-0.1, -0.05) is 41.1 Å². The van der Waals surface area contributed by atoms with Crippen LogP contribution >= 0.6 is 45.5 Å². The summed E-state index contributed by atoms with van der Waals surface area (Å²) in [6, 6.07) is 13.6. The summed E-state index contributed by atoms with van der Waals surface area (Å²) in [5, 5.41) is 4.78. The lowest BCUT2D eigenvalue weighted by Gasteiger charge is -2.34. The molecule has 1 aromatic heterocycles. The van der Waals surface area contributed by atoms with Crippen molar-refractivity contribution in [1.29, 1.82) is 0 Å². The second-order valence-corrected chi connectivity index (χ2v) is 9.23. The number of hydrogen-bond acceptors (Lipinski definition) is 5. The zero-order chi connectivity index (χ0) is 19.5. The molecule has 0 saturated carbocycles. The lowest BCUT2D eigenvalue weighted by molar-refractivity contribution is 0.0947. The van der Waals surface area contributed by atoms with Crippen LogP contribution in [0.1, 0.15) is 10.4 Å². The first-order valence-corrected chi connectivity index (χ1v) is 11.4. The third-order valence-corrected chi connectivity index (χ3v) is 7.16. The van der Waals surface area contributed by atoms with E-state index in [1.807, 2.05) is 36.4 Å². The quantitative estimate of drug-likeness (QED) is 0.509. The summed E-state index contributed by atoms with van der Waals surface area (Å²) in [7, 11) is 0. The molecule has 1 aliphatic rings. The van der Waals surface area contributed by atoms with Gasteiger partial charge in [0.05, 0.1) is 15.3 Å². The van der Waals surface area contributed by atoms with Crippen LogP contribution in [0.4, 0.5) is 5.13 Å². The number of carbonyl (C=O) groups is 1. The highest BCUT2D eigenvalue weighted by molar-refractivity contribution is 14.1. The van der Waals surface area contributed by atoms with Gasteiger partial charge in [0.25, 0.3) is 5.91 Å². The zero-order valence-electron chi connectivity index (χ0n) is 15.2. The van der Waals surface area contributed by atoms with Gasteiger partial charge in [-0.15, -0.1) is 0 Å². The molecule has 1 aliphatic heterocycles. The first-order chi connectivity index (χ1) is 13.6. The Labute approximate surface area is 186 Å². The number of rotatable bonds is 5. The van der Waals surface area contributed by atoms with Gasteiger partial charge in [0.2, 0.25) is 0 Å². The van der Waals surface area contributed by atoms with Crippen molar-refractivity contribution in [2.75, 3.05) is 44.2 Å². The Morgan fingerprint density at radius 2 is 1.93 bits per heavy atom. The van der Waals surface area contributed by atoms with E-state index in [9.17, 15) is 4.79 Å². The fourth-order valence-electron chi connectivity index (χ4n) is 3.27. The zero-order valence-corrected chi connectivity index (χ0v) is 18.9. The molecule has 0 radical (unpaired) electrons. The van der Waals surface area contributed by atoms with Crippen LogP contribution in [0.2, 0.25) is 5.02 Å². The number of amides is 1. The van der Waals surface area contributed by atoms with Gasteiger partial charge in [-0.2, -0.15) is 0 Å². The largest absolute Gasteiger partial charge is 0.351 e. The van der Waals surface area contributed by atoms with Crippen LogP contribution < -0.4 is 10.2 Å². The van der Waals surface area contributed by atoms with Gasteiger partial charge in [-0.25, -0.2) is 4.98 Å². The molecule has 0 unspecified atom stereocenters. The molecule has 0 aliphatic carbocycles. The van der Waals surface area contributed by atoms with Gasteiger partial charge in [0.1, 0.15) is 5.52 Å². The van der Waals surface area contributed by atoms with E-state index in [1.54, 1.807) is 11.3 Å². The summed E-state index contributed by atoms with van der Waals surface area (Å²) >= 11 is 10.1. The van der Waals surface area contributed by atoms with E-state index < -0.39 is 0 Å². The van der Waals surface area contributed by atoms with E-state index >= 15 is 0 Å². The average molecular weight is 527 g/mol. The molecule has 1 N–H and O–H groups in total. The van der Waals surface area contributed by atoms with Crippen molar-refractivity contribution in [2.45, 2.75) is 0 Å². The van der Waals surface area contributed by atoms with Crippen LogP contribution in [0.3, 0.4) is 0 Å². The predicted molar refractivity (Wildman–Crippen MR) is 125 cm³/mol. The minimum atomic E-state index is -0.00464. The minimum absolute atomic E-state index is 0.00464. The molecule has 28 heavy (non-hydrogen) atoms. The lowest BCUT2D eigenvalue weighted by atomic mass is 10.2. The third kappa shape index (κ3) is 4.42. The molecule has 1 amide bonds. The number of benzene rings is 2. The number of nitrogens with zero attached hydrogens (tertiary/aromatic N) is 3. The van der Waals surface area contributed by atoms with Crippen molar-refractivity contribution in [3.63, 3.8) is 0 Å². The molecular weight excluding hydrogens is 507 g/mol. The molecule has 4 rings (SSSR count). The number of thiazole rings is 1. The maximum Gasteiger partial charge on any atom is 0.252 e. The van der Waals surface area contributed by atoms with Crippen molar-refractivity contribution >= 4 is 66.8 Å². The van der Waals surface area contributed by atoms with E-state index in [-0.39, 0.29) is 5.91 Å². The number of halogens is 2. The maximum absolute atomic E-state index is 12.3. The summed E-state index contributed by atoms with van der Waals surface area (Å²) in [5.41, 5.74) is 1.63. The van der Waals surface area contributed by atoms with Gasteiger partial charge in [-0.3, -0.25) is 9.69 Å². The summed E-state index contributed by atoms with van der Waals surface area (Å²) in [4.78, 5) is 21.7. The van der Waals surface area contributed by atoms with Crippen molar-refractivity contribution in [1.82, 2.24) is 15.2 Å². The van der Waals surface area contributed by atoms with Gasteiger partial charge < -0.3 is 10.2 Å². The summed E-state index contributed by atoms with van der Waals surface area (Å²) in [6.45, 7) is 5.30. The molecule has 3 aromatic rings. The second-order valence-electron chi connectivity index (χ2n) is 6.65. The van der Waals surface area contributed by atoms with Crippen LogP contribution in [0.25, 0.3) is 10.2 Å². The molecule has 8 heteroatoms. The second kappa shape index (κ2) is 8.94. The number of para-hydroxylation sites is 1. The molecule has 146 valence electrons. The predicted octanol–water partition coefficient (Wildman–Crippen LogP) is 4.11. The molecule has 0 bridgehead atoms. The van der Waals surface area contributed by atoms with E-state index in [2.05, 4.69) is 43.8 Å². The third-order valence-electron chi connectivity index (χ3n) is 4.83.